The highest BCUT2D eigenvalue weighted by molar-refractivity contribution is 4.94. The van der Waals surface area contributed by atoms with Gasteiger partial charge in [0, 0.05) is 5.54 Å². The van der Waals surface area contributed by atoms with Crippen LogP contribution in [0, 0.1) is 0 Å². The van der Waals surface area contributed by atoms with Crippen LogP contribution in [0.1, 0.15) is 58.3 Å². The molecule has 2 N–H and O–H groups in total. The molecule has 0 aromatic rings. The number of hydrogen-bond donors (Lipinski definition) is 1. The first-order valence-corrected chi connectivity index (χ1v) is 6.13. The summed E-state index contributed by atoms with van der Waals surface area (Å²) in [6.45, 7) is 2.15. The number of rotatable bonds is 2. The van der Waals surface area contributed by atoms with E-state index < -0.39 is 0 Å². The van der Waals surface area contributed by atoms with Gasteiger partial charge in [0.15, 0.2) is 0 Å². The van der Waals surface area contributed by atoms with E-state index >= 15 is 0 Å². The van der Waals surface area contributed by atoms with Crippen molar-refractivity contribution in [3.05, 3.63) is 0 Å². The lowest BCUT2D eigenvalue weighted by Gasteiger charge is -2.32. The van der Waals surface area contributed by atoms with Gasteiger partial charge in [0.25, 0.3) is 0 Å². The van der Waals surface area contributed by atoms with Crippen molar-refractivity contribution in [2.24, 2.45) is 5.73 Å². The van der Waals surface area contributed by atoms with Crippen molar-refractivity contribution in [1.29, 1.82) is 0 Å². The first-order valence-electron chi connectivity index (χ1n) is 6.13. The van der Waals surface area contributed by atoms with E-state index in [1.807, 2.05) is 0 Å². The summed E-state index contributed by atoms with van der Waals surface area (Å²) >= 11 is 0. The Labute approximate surface area is 87.2 Å². The van der Waals surface area contributed by atoms with Gasteiger partial charge < -0.3 is 10.5 Å². The second-order valence-electron chi connectivity index (χ2n) is 5.28. The summed E-state index contributed by atoms with van der Waals surface area (Å²) in [5, 5.41) is 0. The van der Waals surface area contributed by atoms with Crippen LogP contribution in [0.2, 0.25) is 0 Å². The average molecular weight is 197 g/mol. The lowest BCUT2D eigenvalue weighted by Crippen LogP contribution is -2.46. The van der Waals surface area contributed by atoms with Crippen LogP contribution in [-0.4, -0.2) is 17.7 Å². The van der Waals surface area contributed by atoms with E-state index in [1.54, 1.807) is 0 Å². The largest absolute Gasteiger partial charge is 0.373 e. The van der Waals surface area contributed by atoms with Crippen LogP contribution in [0.25, 0.3) is 0 Å². The van der Waals surface area contributed by atoms with Gasteiger partial charge in [0.2, 0.25) is 0 Å². The van der Waals surface area contributed by atoms with Crippen LogP contribution in [0.4, 0.5) is 0 Å². The molecule has 2 nitrogen and oxygen atoms in total. The predicted octanol–water partition coefficient (Wildman–Crippen LogP) is 2.61. The Bertz CT molecular complexity index is 185. The standard InChI is InChI=1S/C12H23NO/c1-12(13)9-5-8-11(12)14-10-6-3-2-4-7-10/h10-11H,2-9,13H2,1H3/t11-,12+/m0/s1. The third kappa shape index (κ3) is 2.29. The van der Waals surface area contributed by atoms with Crippen LogP contribution in [-0.2, 0) is 4.74 Å². The van der Waals surface area contributed by atoms with Crippen LogP contribution >= 0.6 is 0 Å². The zero-order valence-electron chi connectivity index (χ0n) is 9.30. The molecule has 2 fully saturated rings. The highest BCUT2D eigenvalue weighted by atomic mass is 16.5. The molecule has 2 aliphatic rings. The van der Waals surface area contributed by atoms with Crippen LogP contribution in [0.3, 0.4) is 0 Å². The Morgan fingerprint density at radius 2 is 1.79 bits per heavy atom. The Hall–Kier alpha value is -0.0800. The molecule has 2 saturated carbocycles. The van der Waals surface area contributed by atoms with Crippen LogP contribution in [0.15, 0.2) is 0 Å². The van der Waals surface area contributed by atoms with E-state index in [9.17, 15) is 0 Å². The maximum atomic E-state index is 6.21. The topological polar surface area (TPSA) is 35.2 Å². The van der Waals surface area contributed by atoms with Gasteiger partial charge in [-0.1, -0.05) is 19.3 Å². The summed E-state index contributed by atoms with van der Waals surface area (Å²) in [6, 6.07) is 0. The molecule has 2 aliphatic carbocycles. The van der Waals surface area contributed by atoms with Crippen molar-refractivity contribution in [2.75, 3.05) is 0 Å². The SMILES string of the molecule is C[C@@]1(N)CCC[C@@H]1OC1CCCCC1. The molecule has 2 rings (SSSR count). The molecule has 0 spiro atoms. The summed E-state index contributed by atoms with van der Waals surface area (Å²) in [5.41, 5.74) is 6.16. The van der Waals surface area contributed by atoms with Gasteiger partial charge in [-0.15, -0.1) is 0 Å². The van der Waals surface area contributed by atoms with E-state index in [0.29, 0.717) is 12.2 Å². The first-order chi connectivity index (χ1) is 6.68. The highest BCUT2D eigenvalue weighted by Crippen LogP contribution is 2.33. The van der Waals surface area contributed by atoms with Gasteiger partial charge in [-0.25, -0.2) is 0 Å². The monoisotopic (exact) mass is 197 g/mol. The van der Waals surface area contributed by atoms with Gasteiger partial charge in [-0.3, -0.25) is 0 Å². The summed E-state index contributed by atoms with van der Waals surface area (Å²) < 4.78 is 6.14. The van der Waals surface area contributed by atoms with Gasteiger partial charge in [-0.05, 0) is 39.0 Å². The minimum Gasteiger partial charge on any atom is -0.373 e. The van der Waals surface area contributed by atoms with Gasteiger partial charge in [-0.2, -0.15) is 0 Å². The highest BCUT2D eigenvalue weighted by Gasteiger charge is 2.37. The average Bonchev–Trinajstić information content (AvgIpc) is 2.48. The number of hydrogen-bond acceptors (Lipinski definition) is 2. The zero-order chi connectivity index (χ0) is 10.0. The molecule has 0 aromatic carbocycles. The molecule has 0 aliphatic heterocycles. The number of nitrogens with two attached hydrogens (primary N) is 1. The van der Waals surface area contributed by atoms with Gasteiger partial charge >= 0.3 is 0 Å². The van der Waals surface area contributed by atoms with Crippen molar-refractivity contribution in [2.45, 2.75) is 76.0 Å². The molecule has 14 heavy (non-hydrogen) atoms. The lowest BCUT2D eigenvalue weighted by molar-refractivity contribution is -0.0507. The minimum atomic E-state index is -0.0581. The minimum absolute atomic E-state index is 0.0581. The van der Waals surface area contributed by atoms with E-state index in [4.69, 9.17) is 10.5 Å². The molecule has 0 heterocycles. The van der Waals surface area contributed by atoms with E-state index in [0.717, 1.165) is 6.42 Å². The Balaban J connectivity index is 1.83. The van der Waals surface area contributed by atoms with E-state index in [-0.39, 0.29) is 5.54 Å². The molecule has 0 unspecified atom stereocenters. The van der Waals surface area contributed by atoms with Crippen molar-refractivity contribution in [3.8, 4) is 0 Å². The quantitative estimate of drug-likeness (QED) is 0.738. The third-order valence-corrected chi connectivity index (χ3v) is 3.83. The van der Waals surface area contributed by atoms with Crippen LogP contribution < -0.4 is 5.73 Å². The summed E-state index contributed by atoms with van der Waals surface area (Å²) in [7, 11) is 0. The summed E-state index contributed by atoms with van der Waals surface area (Å²) in [5.74, 6) is 0. The smallest absolute Gasteiger partial charge is 0.0755 e. The Morgan fingerprint density at radius 3 is 2.36 bits per heavy atom. The maximum Gasteiger partial charge on any atom is 0.0755 e. The predicted molar refractivity (Wildman–Crippen MR) is 58.2 cm³/mol. The maximum absolute atomic E-state index is 6.21. The molecule has 0 radical (unpaired) electrons. The normalized spacial score (nSPS) is 40.3. The zero-order valence-corrected chi connectivity index (χ0v) is 9.30. The van der Waals surface area contributed by atoms with E-state index in [1.165, 1.54) is 44.9 Å². The van der Waals surface area contributed by atoms with Crippen LogP contribution in [0.5, 0.6) is 0 Å². The van der Waals surface area contributed by atoms with Crippen molar-refractivity contribution < 1.29 is 4.74 Å². The third-order valence-electron chi connectivity index (χ3n) is 3.83. The second kappa shape index (κ2) is 4.19. The van der Waals surface area contributed by atoms with E-state index in [2.05, 4.69) is 6.92 Å². The number of ether oxygens (including phenoxy) is 1. The molecule has 0 saturated heterocycles. The molecule has 0 amide bonds. The van der Waals surface area contributed by atoms with Gasteiger partial charge in [0.05, 0.1) is 12.2 Å². The van der Waals surface area contributed by atoms with Crippen molar-refractivity contribution >= 4 is 0 Å². The fraction of sp³-hybridized carbons (Fsp3) is 1.00. The first kappa shape index (κ1) is 10.4. The molecular weight excluding hydrogens is 174 g/mol. The van der Waals surface area contributed by atoms with Gasteiger partial charge in [0.1, 0.15) is 0 Å². The molecule has 0 aromatic heterocycles. The summed E-state index contributed by atoms with van der Waals surface area (Å²) in [4.78, 5) is 0. The summed E-state index contributed by atoms with van der Waals surface area (Å²) in [6.07, 6.45) is 11.0. The molecule has 0 bridgehead atoms. The fourth-order valence-corrected chi connectivity index (χ4v) is 2.82. The van der Waals surface area contributed by atoms with Crippen molar-refractivity contribution in [1.82, 2.24) is 0 Å². The molecular formula is C12H23NO. The molecule has 2 atom stereocenters. The second-order valence-corrected chi connectivity index (χ2v) is 5.28. The lowest BCUT2D eigenvalue weighted by atomic mass is 9.95. The Morgan fingerprint density at radius 1 is 1.07 bits per heavy atom. The Kier molecular flexibility index (Phi) is 3.13. The fourth-order valence-electron chi connectivity index (χ4n) is 2.82. The molecule has 2 heteroatoms. The van der Waals surface area contributed by atoms with Crippen molar-refractivity contribution in [3.63, 3.8) is 0 Å². The molecule has 82 valence electrons.